The molecule has 2 nitrogen and oxygen atoms in total. The fourth-order valence-electron chi connectivity index (χ4n) is 7.41. The van der Waals surface area contributed by atoms with Gasteiger partial charge in [0.2, 0.25) is 0 Å². The molecule has 0 spiro atoms. The molecule has 7 rings (SSSR count). The van der Waals surface area contributed by atoms with Gasteiger partial charge in [0.1, 0.15) is 14.3 Å². The van der Waals surface area contributed by atoms with Gasteiger partial charge in [-0.2, -0.15) is 0 Å². The van der Waals surface area contributed by atoms with E-state index in [4.69, 9.17) is 0 Å². The highest BCUT2D eigenvalue weighted by Crippen LogP contribution is 2.70. The summed E-state index contributed by atoms with van der Waals surface area (Å²) >= 11 is 0. The molecule has 4 atom stereocenters. The Kier molecular flexibility index (Phi) is 6.62. The molecule has 0 N–H and O–H groups in total. The molecule has 3 aliphatic carbocycles. The largest absolute Gasteiger partial charge is 0.314 e. The third kappa shape index (κ3) is 4.09. The van der Waals surface area contributed by atoms with Crippen LogP contribution in [-0.2, 0) is 9.13 Å². The van der Waals surface area contributed by atoms with Crippen LogP contribution in [-0.4, -0.2) is 11.8 Å². The molecule has 194 valence electrons. The Bertz CT molecular complexity index is 1400. The minimum Gasteiger partial charge on any atom is -0.314 e. The fourth-order valence-corrected chi connectivity index (χ4v) is 14.4. The van der Waals surface area contributed by atoms with Gasteiger partial charge in [0.25, 0.3) is 0 Å². The average molecular weight is 539 g/mol. The van der Waals surface area contributed by atoms with Crippen molar-refractivity contribution >= 4 is 35.5 Å². The lowest BCUT2D eigenvalue weighted by Gasteiger charge is -2.64. The average Bonchev–Trinajstić information content (AvgIpc) is 2.98. The summed E-state index contributed by atoms with van der Waals surface area (Å²) in [6.07, 6.45) is 2.61. The van der Waals surface area contributed by atoms with E-state index in [1.807, 2.05) is 121 Å². The molecule has 0 radical (unpaired) electrons. The number of hydrogen-bond acceptors (Lipinski definition) is 2. The van der Waals surface area contributed by atoms with Crippen LogP contribution in [0.1, 0.15) is 26.7 Å². The van der Waals surface area contributed by atoms with E-state index in [-0.39, 0.29) is 17.0 Å². The first-order valence-corrected chi connectivity index (χ1v) is 17.4. The van der Waals surface area contributed by atoms with Gasteiger partial charge in [-0.15, -0.1) is 0 Å². The van der Waals surface area contributed by atoms with Crippen molar-refractivity contribution in [1.29, 1.82) is 0 Å². The van der Waals surface area contributed by atoms with E-state index in [9.17, 15) is 0 Å². The van der Waals surface area contributed by atoms with Gasteiger partial charge in [-0.25, -0.2) is 0 Å². The zero-order chi connectivity index (χ0) is 26.4. The molecule has 4 aromatic carbocycles. The molecule has 0 aliphatic heterocycles. The number of rotatable bonds is 7. The van der Waals surface area contributed by atoms with E-state index in [0.717, 1.165) is 34.1 Å². The second-order valence-corrected chi connectivity index (χ2v) is 17.6. The van der Waals surface area contributed by atoms with Gasteiger partial charge in [0.15, 0.2) is 0 Å². The van der Waals surface area contributed by atoms with Gasteiger partial charge < -0.3 is 9.13 Å². The Balaban J connectivity index is 1.52. The minimum absolute atomic E-state index is 0.0372. The molecule has 3 saturated carbocycles. The maximum absolute atomic E-state index is 15.6. The summed E-state index contributed by atoms with van der Waals surface area (Å²) in [4.78, 5) is 0. The van der Waals surface area contributed by atoms with Gasteiger partial charge in [-0.05, 0) is 36.0 Å². The quantitative estimate of drug-likeness (QED) is 0.236. The summed E-state index contributed by atoms with van der Waals surface area (Å²) in [6.45, 7) is 4.75. The SMILES string of the molecule is CC1(C)C2CC1[C@@H](CP(=O)(c1ccccc1)c1ccccc1)[C@@H](P(=O)(c1ccccc1)c1ccccc1)C2. The Labute approximate surface area is 227 Å². The van der Waals surface area contributed by atoms with Gasteiger partial charge in [-0.1, -0.05) is 135 Å². The maximum Gasteiger partial charge on any atom is 0.146 e. The maximum atomic E-state index is 15.6. The highest BCUT2D eigenvalue weighted by atomic mass is 31.2. The van der Waals surface area contributed by atoms with Crippen molar-refractivity contribution in [3.05, 3.63) is 121 Å². The highest BCUT2D eigenvalue weighted by molar-refractivity contribution is 7.80. The molecule has 4 aromatic rings. The molecular formula is C34H36O2P2. The van der Waals surface area contributed by atoms with Crippen LogP contribution in [0.15, 0.2) is 121 Å². The van der Waals surface area contributed by atoms with Crippen molar-refractivity contribution < 1.29 is 9.13 Å². The Morgan fingerprint density at radius 1 is 0.605 bits per heavy atom. The molecule has 3 aliphatic rings. The summed E-state index contributed by atoms with van der Waals surface area (Å²) < 4.78 is 30.9. The Hall–Kier alpha value is -2.66. The number of benzene rings is 4. The fraction of sp³-hybridized carbons (Fsp3) is 0.294. The van der Waals surface area contributed by atoms with Crippen molar-refractivity contribution in [2.24, 2.45) is 23.2 Å². The van der Waals surface area contributed by atoms with E-state index >= 15 is 9.13 Å². The molecule has 3 fully saturated rings. The van der Waals surface area contributed by atoms with Crippen molar-refractivity contribution in [3.63, 3.8) is 0 Å². The molecule has 38 heavy (non-hydrogen) atoms. The van der Waals surface area contributed by atoms with Crippen LogP contribution in [0.4, 0.5) is 0 Å². The Morgan fingerprint density at radius 2 is 1.00 bits per heavy atom. The molecule has 0 saturated heterocycles. The normalized spacial score (nSPS) is 24.4. The minimum atomic E-state index is -3.01. The second-order valence-electron chi connectivity index (χ2n) is 11.7. The van der Waals surface area contributed by atoms with Crippen molar-refractivity contribution in [3.8, 4) is 0 Å². The highest BCUT2D eigenvalue weighted by Gasteiger charge is 2.62. The van der Waals surface area contributed by atoms with E-state index in [1.165, 1.54) is 0 Å². The predicted molar refractivity (Wildman–Crippen MR) is 162 cm³/mol. The molecule has 4 heteroatoms. The van der Waals surface area contributed by atoms with E-state index in [0.29, 0.717) is 18.0 Å². The monoisotopic (exact) mass is 538 g/mol. The van der Waals surface area contributed by atoms with Crippen molar-refractivity contribution in [2.75, 3.05) is 6.16 Å². The lowest BCUT2D eigenvalue weighted by Crippen LogP contribution is -2.59. The van der Waals surface area contributed by atoms with Crippen LogP contribution in [0, 0.1) is 23.2 Å². The van der Waals surface area contributed by atoms with Crippen LogP contribution in [0.3, 0.4) is 0 Å². The van der Waals surface area contributed by atoms with Gasteiger partial charge >= 0.3 is 0 Å². The predicted octanol–water partition coefficient (Wildman–Crippen LogP) is 7.07. The Morgan fingerprint density at radius 3 is 1.39 bits per heavy atom. The number of hydrogen-bond donors (Lipinski definition) is 0. The molecule has 0 amide bonds. The molecule has 0 heterocycles. The summed E-state index contributed by atoms with van der Waals surface area (Å²) in [6, 6.07) is 40.2. The lowest BCUT2D eigenvalue weighted by atomic mass is 9.46. The van der Waals surface area contributed by atoms with E-state index in [2.05, 4.69) is 13.8 Å². The first-order chi connectivity index (χ1) is 18.3. The first kappa shape index (κ1) is 25.6. The summed E-state index contributed by atoms with van der Waals surface area (Å²) in [5.74, 6) is 1.03. The van der Waals surface area contributed by atoms with Crippen LogP contribution in [0.2, 0.25) is 0 Å². The van der Waals surface area contributed by atoms with Crippen LogP contribution < -0.4 is 21.2 Å². The third-order valence-corrected chi connectivity index (χ3v) is 16.5. The second kappa shape index (κ2) is 9.82. The standard InChI is InChI=1S/C34H36O2P2/c1-34(2)26-23-32(34)31(25-37(35,27-15-7-3-8-16-27)28-17-9-4-10-18-28)33(24-26)38(36,29-19-11-5-12-20-29)30-21-13-6-14-22-30/h3-22,26,31-33H,23-25H2,1-2H3/t26?,31-,32?,33+/m1/s1. The van der Waals surface area contributed by atoms with E-state index < -0.39 is 14.3 Å². The van der Waals surface area contributed by atoms with Crippen molar-refractivity contribution in [1.82, 2.24) is 0 Å². The van der Waals surface area contributed by atoms with Crippen LogP contribution in [0.25, 0.3) is 0 Å². The smallest absolute Gasteiger partial charge is 0.146 e. The summed E-state index contributed by atoms with van der Waals surface area (Å²) in [5.41, 5.74) is 0.127. The van der Waals surface area contributed by atoms with Crippen LogP contribution in [0.5, 0.6) is 0 Å². The lowest BCUT2D eigenvalue weighted by molar-refractivity contribution is -0.0953. The first-order valence-electron chi connectivity index (χ1n) is 13.8. The third-order valence-electron chi connectivity index (χ3n) is 9.64. The van der Waals surface area contributed by atoms with Gasteiger partial charge in [0.05, 0.1) is 0 Å². The molecule has 2 unspecified atom stereocenters. The van der Waals surface area contributed by atoms with Crippen LogP contribution >= 0.6 is 14.3 Å². The van der Waals surface area contributed by atoms with Crippen molar-refractivity contribution in [2.45, 2.75) is 32.3 Å². The molecule has 2 bridgehead atoms. The molecule has 0 aromatic heterocycles. The topological polar surface area (TPSA) is 34.1 Å². The summed E-state index contributed by atoms with van der Waals surface area (Å²) in [7, 11) is -5.98. The zero-order valence-corrected chi connectivity index (χ0v) is 24.0. The van der Waals surface area contributed by atoms with Gasteiger partial charge in [-0.3, -0.25) is 0 Å². The summed E-state index contributed by atoms with van der Waals surface area (Å²) in [5, 5.41) is 3.65. The zero-order valence-electron chi connectivity index (χ0n) is 22.2. The molecular weight excluding hydrogens is 502 g/mol. The van der Waals surface area contributed by atoms with Gasteiger partial charge in [0, 0.05) is 33.0 Å². The number of fused-ring (bicyclic) bond motifs is 2. The van der Waals surface area contributed by atoms with E-state index in [1.54, 1.807) is 0 Å².